The Balaban J connectivity index is 1.41. The summed E-state index contributed by atoms with van der Waals surface area (Å²) in [5.41, 5.74) is 1.45. The van der Waals surface area contributed by atoms with Gasteiger partial charge in [-0.1, -0.05) is 58.4 Å². The number of carbonyl (C=O) groups excluding carboxylic acids is 1. The van der Waals surface area contributed by atoms with Crippen molar-refractivity contribution in [3.63, 3.8) is 0 Å². The van der Waals surface area contributed by atoms with Crippen LogP contribution in [0.3, 0.4) is 0 Å². The third-order valence-corrected chi connectivity index (χ3v) is 5.96. The van der Waals surface area contributed by atoms with Crippen molar-refractivity contribution >= 4 is 31.9 Å². The van der Waals surface area contributed by atoms with Gasteiger partial charge in [-0.05, 0) is 48.9 Å². The predicted octanol–water partition coefficient (Wildman–Crippen LogP) is 3.15. The number of halogens is 1. The minimum Gasteiger partial charge on any atom is -0.494 e. The van der Waals surface area contributed by atoms with E-state index in [1.807, 2.05) is 29.0 Å². The van der Waals surface area contributed by atoms with Crippen molar-refractivity contribution in [3.8, 4) is 5.75 Å². The highest BCUT2D eigenvalue weighted by Gasteiger charge is 2.17. The highest BCUT2D eigenvalue weighted by molar-refractivity contribution is 9.10. The molecule has 0 aliphatic heterocycles. The fraction of sp³-hybridized carbons (Fsp3) is 0.292. The Morgan fingerprint density at radius 3 is 2.48 bits per heavy atom. The molecule has 3 rings (SSSR count). The van der Waals surface area contributed by atoms with E-state index in [4.69, 9.17) is 4.74 Å². The Morgan fingerprint density at radius 1 is 1.03 bits per heavy atom. The first kappa shape index (κ1) is 25.2. The molecule has 0 spiro atoms. The lowest BCUT2D eigenvalue weighted by Gasteiger charge is -2.26. The lowest BCUT2D eigenvalue weighted by molar-refractivity contribution is 0.0981. The van der Waals surface area contributed by atoms with E-state index < -0.39 is 15.9 Å². The SMILES string of the molecule is CS(=O)(=O)NC(=O)c1cccc(OCCCNC2C=CC=CC2NCc2cccc(Br)c2)c1. The third kappa shape index (κ3) is 8.77. The molecule has 0 aromatic heterocycles. The fourth-order valence-corrected chi connectivity index (χ4v) is 4.27. The van der Waals surface area contributed by atoms with Crippen LogP contribution in [0.15, 0.2) is 77.3 Å². The summed E-state index contributed by atoms with van der Waals surface area (Å²) in [6.45, 7) is 1.99. The van der Waals surface area contributed by atoms with Gasteiger partial charge in [-0.15, -0.1) is 0 Å². The normalized spacial score (nSPS) is 17.6. The van der Waals surface area contributed by atoms with E-state index in [-0.39, 0.29) is 17.6 Å². The Hall–Kier alpha value is -2.46. The minimum absolute atomic E-state index is 0.171. The number of rotatable bonds is 11. The molecule has 2 unspecified atom stereocenters. The van der Waals surface area contributed by atoms with Crippen molar-refractivity contribution in [2.75, 3.05) is 19.4 Å². The van der Waals surface area contributed by atoms with Gasteiger partial charge in [-0.25, -0.2) is 13.1 Å². The van der Waals surface area contributed by atoms with Gasteiger partial charge >= 0.3 is 0 Å². The largest absolute Gasteiger partial charge is 0.494 e. The van der Waals surface area contributed by atoms with Crippen molar-refractivity contribution < 1.29 is 17.9 Å². The molecule has 0 heterocycles. The summed E-state index contributed by atoms with van der Waals surface area (Å²) in [5.74, 6) is -0.159. The Labute approximate surface area is 203 Å². The van der Waals surface area contributed by atoms with Crippen LogP contribution in [-0.4, -0.2) is 45.8 Å². The minimum atomic E-state index is -3.61. The third-order valence-electron chi connectivity index (χ3n) is 4.91. The smallest absolute Gasteiger partial charge is 0.264 e. The first-order chi connectivity index (χ1) is 15.8. The zero-order chi connectivity index (χ0) is 23.7. The molecule has 1 aliphatic rings. The van der Waals surface area contributed by atoms with E-state index in [0.29, 0.717) is 12.4 Å². The monoisotopic (exact) mass is 533 g/mol. The lowest BCUT2D eigenvalue weighted by atomic mass is 10.0. The van der Waals surface area contributed by atoms with Gasteiger partial charge in [0.05, 0.1) is 12.9 Å². The number of benzene rings is 2. The van der Waals surface area contributed by atoms with Gasteiger partial charge in [0.2, 0.25) is 10.0 Å². The zero-order valence-corrected chi connectivity index (χ0v) is 20.7. The molecule has 176 valence electrons. The molecular weight excluding hydrogens is 506 g/mol. The number of amides is 1. The predicted molar refractivity (Wildman–Crippen MR) is 134 cm³/mol. The van der Waals surface area contributed by atoms with Crippen molar-refractivity contribution in [1.82, 2.24) is 15.4 Å². The highest BCUT2D eigenvalue weighted by atomic mass is 79.9. The molecule has 0 saturated carbocycles. The summed E-state index contributed by atoms with van der Waals surface area (Å²) < 4.78 is 31.2. The number of nitrogens with one attached hydrogen (secondary N) is 3. The number of hydrogen-bond donors (Lipinski definition) is 3. The van der Waals surface area contributed by atoms with Gasteiger partial charge in [0, 0.05) is 28.7 Å². The number of hydrogen-bond acceptors (Lipinski definition) is 6. The molecule has 0 bridgehead atoms. The maximum Gasteiger partial charge on any atom is 0.264 e. The Morgan fingerprint density at radius 2 is 1.76 bits per heavy atom. The molecule has 0 fully saturated rings. The quantitative estimate of drug-likeness (QED) is 0.384. The van der Waals surface area contributed by atoms with Gasteiger partial charge < -0.3 is 15.4 Å². The molecule has 0 saturated heterocycles. The van der Waals surface area contributed by atoms with Gasteiger partial charge in [0.1, 0.15) is 5.75 Å². The average molecular weight is 534 g/mol. The Bertz CT molecular complexity index is 1120. The van der Waals surface area contributed by atoms with Crippen LogP contribution in [0, 0.1) is 0 Å². The van der Waals surface area contributed by atoms with Crippen LogP contribution < -0.4 is 20.1 Å². The molecule has 1 aliphatic carbocycles. The maximum atomic E-state index is 12.0. The van der Waals surface area contributed by atoms with Crippen LogP contribution in [0.5, 0.6) is 5.75 Å². The van der Waals surface area contributed by atoms with Crippen LogP contribution >= 0.6 is 15.9 Å². The first-order valence-electron chi connectivity index (χ1n) is 10.6. The molecule has 1 amide bonds. The van der Waals surface area contributed by atoms with Crippen molar-refractivity contribution in [2.24, 2.45) is 0 Å². The van der Waals surface area contributed by atoms with Crippen LogP contribution in [0.2, 0.25) is 0 Å². The van der Waals surface area contributed by atoms with Crippen LogP contribution in [0.25, 0.3) is 0 Å². The van der Waals surface area contributed by atoms with E-state index in [1.165, 1.54) is 11.6 Å². The number of allylic oxidation sites excluding steroid dienone is 2. The van der Waals surface area contributed by atoms with E-state index >= 15 is 0 Å². The number of sulfonamides is 1. The summed E-state index contributed by atoms with van der Waals surface area (Å²) in [6, 6.07) is 15.1. The summed E-state index contributed by atoms with van der Waals surface area (Å²) in [6.07, 6.45) is 10.1. The summed E-state index contributed by atoms with van der Waals surface area (Å²) >= 11 is 3.51. The van der Waals surface area contributed by atoms with Crippen LogP contribution in [0.4, 0.5) is 0 Å². The van der Waals surface area contributed by atoms with E-state index in [2.05, 4.69) is 50.8 Å². The topological polar surface area (TPSA) is 96.5 Å². The van der Waals surface area contributed by atoms with Crippen molar-refractivity contribution in [3.05, 3.63) is 88.4 Å². The van der Waals surface area contributed by atoms with Gasteiger partial charge in [-0.2, -0.15) is 0 Å². The molecule has 7 nitrogen and oxygen atoms in total. The summed E-state index contributed by atoms with van der Waals surface area (Å²) in [4.78, 5) is 12.0. The van der Waals surface area contributed by atoms with E-state index in [0.717, 1.165) is 30.2 Å². The lowest BCUT2D eigenvalue weighted by Crippen LogP contribution is -2.46. The van der Waals surface area contributed by atoms with Gasteiger partial charge in [0.25, 0.3) is 5.91 Å². The maximum absolute atomic E-state index is 12.0. The summed E-state index contributed by atoms with van der Waals surface area (Å²) in [5, 5.41) is 7.12. The van der Waals surface area contributed by atoms with Crippen molar-refractivity contribution in [2.45, 2.75) is 25.0 Å². The number of carbonyl (C=O) groups is 1. The van der Waals surface area contributed by atoms with Gasteiger partial charge in [0.15, 0.2) is 0 Å². The molecule has 0 radical (unpaired) electrons. The summed E-state index contributed by atoms with van der Waals surface area (Å²) in [7, 11) is -3.61. The molecule has 2 aromatic rings. The van der Waals surface area contributed by atoms with Crippen LogP contribution in [-0.2, 0) is 16.6 Å². The molecule has 9 heteroatoms. The standard InChI is InChI=1S/C24H28BrN3O4S/c1-33(30,31)28-24(29)19-8-5-10-21(16-19)32-14-6-13-26-22-11-2-3-12-23(22)27-17-18-7-4-9-20(25)15-18/h2-5,7-12,15-16,22-23,26-27H,6,13-14,17H2,1H3,(H,28,29). The average Bonchev–Trinajstić information content (AvgIpc) is 2.77. The second-order valence-corrected chi connectivity index (χ2v) is 10.4. The molecule has 3 N–H and O–H groups in total. The fourth-order valence-electron chi connectivity index (χ4n) is 3.37. The molecule has 2 aromatic carbocycles. The first-order valence-corrected chi connectivity index (χ1v) is 13.3. The Kier molecular flexibility index (Phi) is 9.25. The second-order valence-electron chi connectivity index (χ2n) is 7.72. The van der Waals surface area contributed by atoms with E-state index in [1.54, 1.807) is 18.2 Å². The molecule has 2 atom stereocenters. The second kappa shape index (κ2) is 12.1. The molecule has 33 heavy (non-hydrogen) atoms. The van der Waals surface area contributed by atoms with E-state index in [9.17, 15) is 13.2 Å². The number of ether oxygens (including phenoxy) is 1. The van der Waals surface area contributed by atoms with Crippen LogP contribution in [0.1, 0.15) is 22.3 Å². The van der Waals surface area contributed by atoms with Crippen molar-refractivity contribution in [1.29, 1.82) is 0 Å². The molecular formula is C24H28BrN3O4S. The van der Waals surface area contributed by atoms with Gasteiger partial charge in [-0.3, -0.25) is 4.79 Å². The zero-order valence-electron chi connectivity index (χ0n) is 18.3. The highest BCUT2D eigenvalue weighted by Crippen LogP contribution is 2.15.